The maximum absolute atomic E-state index is 10.4. The fourth-order valence-electron chi connectivity index (χ4n) is 1.99. The fourth-order valence-corrected chi connectivity index (χ4v) is 2.47. The van der Waals surface area contributed by atoms with Gasteiger partial charge in [-0.2, -0.15) is 0 Å². The summed E-state index contributed by atoms with van der Waals surface area (Å²) in [7, 11) is 0. The van der Waals surface area contributed by atoms with Crippen molar-refractivity contribution in [2.45, 2.75) is 6.10 Å². The molecule has 3 nitrogen and oxygen atoms in total. The third-order valence-corrected chi connectivity index (χ3v) is 3.64. The maximum Gasteiger partial charge on any atom is 0.124 e. The summed E-state index contributed by atoms with van der Waals surface area (Å²) in [5.41, 5.74) is 2.25. The largest absolute Gasteiger partial charge is 0.382 e. The summed E-state index contributed by atoms with van der Waals surface area (Å²) in [5.74, 6) is 0. The zero-order chi connectivity index (χ0) is 13.2. The molecule has 0 radical (unpaired) electrons. The maximum atomic E-state index is 10.4. The van der Waals surface area contributed by atoms with Crippen LogP contribution in [0.4, 0.5) is 0 Å². The van der Waals surface area contributed by atoms with Gasteiger partial charge < -0.3 is 5.11 Å². The molecule has 94 valence electrons. The number of nitrogens with zero attached hydrogens (tertiary/aromatic N) is 2. The van der Waals surface area contributed by atoms with Crippen molar-refractivity contribution in [3.63, 3.8) is 0 Å². The van der Waals surface area contributed by atoms with Crippen LogP contribution in [-0.2, 0) is 0 Å². The summed E-state index contributed by atoms with van der Waals surface area (Å²) in [4.78, 5) is 8.56. The molecule has 1 aromatic carbocycles. The average Bonchev–Trinajstić information content (AvgIpc) is 2.46. The number of hydrogen-bond donors (Lipinski definition) is 1. The Hall–Kier alpha value is -1.78. The standard InChI is InChI=1S/C15H11BrN2O/c16-12-5-3-7-17-14(12)15(19)11-8-10-4-1-2-6-13(10)18-9-11/h1-9,15,19H. The number of para-hydroxylation sites is 1. The molecule has 3 aromatic rings. The molecule has 1 N–H and O–H groups in total. The molecule has 3 rings (SSSR count). The minimum atomic E-state index is -0.785. The van der Waals surface area contributed by atoms with Crippen molar-refractivity contribution in [1.82, 2.24) is 9.97 Å². The Morgan fingerprint density at radius 1 is 1.05 bits per heavy atom. The number of fused-ring (bicyclic) bond motifs is 1. The molecule has 0 bridgehead atoms. The Bertz CT molecular complexity index is 730. The second-order valence-corrected chi connectivity index (χ2v) is 5.09. The summed E-state index contributed by atoms with van der Waals surface area (Å²) in [6.45, 7) is 0. The third-order valence-electron chi connectivity index (χ3n) is 2.97. The van der Waals surface area contributed by atoms with E-state index in [2.05, 4.69) is 25.9 Å². The van der Waals surface area contributed by atoms with Gasteiger partial charge in [0.05, 0.1) is 11.2 Å². The smallest absolute Gasteiger partial charge is 0.124 e. The van der Waals surface area contributed by atoms with Gasteiger partial charge >= 0.3 is 0 Å². The van der Waals surface area contributed by atoms with Crippen LogP contribution in [0.5, 0.6) is 0 Å². The molecule has 0 spiro atoms. The molecule has 4 heteroatoms. The zero-order valence-electron chi connectivity index (χ0n) is 9.99. The van der Waals surface area contributed by atoms with Crippen LogP contribution in [0.15, 0.2) is 59.3 Å². The van der Waals surface area contributed by atoms with Gasteiger partial charge in [0.15, 0.2) is 0 Å². The lowest BCUT2D eigenvalue weighted by Gasteiger charge is -2.12. The predicted molar refractivity (Wildman–Crippen MR) is 77.7 cm³/mol. The molecule has 0 amide bonds. The van der Waals surface area contributed by atoms with Gasteiger partial charge in [-0.15, -0.1) is 0 Å². The van der Waals surface area contributed by atoms with E-state index in [9.17, 15) is 5.11 Å². The molecule has 0 saturated carbocycles. The summed E-state index contributed by atoms with van der Waals surface area (Å²) in [6.07, 6.45) is 2.57. The van der Waals surface area contributed by atoms with Crippen molar-refractivity contribution in [2.24, 2.45) is 0 Å². The molecular formula is C15H11BrN2O. The molecule has 2 heterocycles. The van der Waals surface area contributed by atoms with Crippen LogP contribution in [0.25, 0.3) is 10.9 Å². The Kier molecular flexibility index (Phi) is 3.27. The molecule has 1 atom stereocenters. The van der Waals surface area contributed by atoms with E-state index in [1.165, 1.54) is 0 Å². The Balaban J connectivity index is 2.07. The van der Waals surface area contributed by atoms with Crippen molar-refractivity contribution in [3.8, 4) is 0 Å². The highest BCUT2D eigenvalue weighted by molar-refractivity contribution is 9.10. The Morgan fingerprint density at radius 2 is 1.89 bits per heavy atom. The number of aromatic nitrogens is 2. The van der Waals surface area contributed by atoms with E-state index < -0.39 is 6.10 Å². The number of rotatable bonds is 2. The van der Waals surface area contributed by atoms with Gasteiger partial charge in [0.25, 0.3) is 0 Å². The van der Waals surface area contributed by atoms with Crippen LogP contribution in [0.3, 0.4) is 0 Å². The van der Waals surface area contributed by atoms with Crippen molar-refractivity contribution in [3.05, 3.63) is 70.6 Å². The van der Waals surface area contributed by atoms with Crippen LogP contribution >= 0.6 is 15.9 Å². The topological polar surface area (TPSA) is 46.0 Å². The number of halogens is 1. The van der Waals surface area contributed by atoms with E-state index in [0.29, 0.717) is 5.69 Å². The first-order chi connectivity index (χ1) is 9.25. The number of pyridine rings is 2. The van der Waals surface area contributed by atoms with E-state index in [1.54, 1.807) is 12.4 Å². The highest BCUT2D eigenvalue weighted by Gasteiger charge is 2.15. The van der Waals surface area contributed by atoms with E-state index in [1.807, 2.05) is 42.5 Å². The zero-order valence-corrected chi connectivity index (χ0v) is 11.6. The van der Waals surface area contributed by atoms with Crippen LogP contribution in [0.2, 0.25) is 0 Å². The highest BCUT2D eigenvalue weighted by Crippen LogP contribution is 2.27. The monoisotopic (exact) mass is 314 g/mol. The summed E-state index contributed by atoms with van der Waals surface area (Å²) < 4.78 is 0.788. The third kappa shape index (κ3) is 2.37. The van der Waals surface area contributed by atoms with Gasteiger partial charge in [-0.05, 0) is 40.2 Å². The number of aliphatic hydroxyl groups is 1. The quantitative estimate of drug-likeness (QED) is 0.787. The Morgan fingerprint density at radius 3 is 2.74 bits per heavy atom. The summed E-state index contributed by atoms with van der Waals surface area (Å²) >= 11 is 3.40. The molecular weight excluding hydrogens is 304 g/mol. The lowest BCUT2D eigenvalue weighted by atomic mass is 10.1. The Labute approximate surface area is 119 Å². The second-order valence-electron chi connectivity index (χ2n) is 4.23. The average molecular weight is 315 g/mol. The van der Waals surface area contributed by atoms with Gasteiger partial charge in [-0.3, -0.25) is 9.97 Å². The molecule has 19 heavy (non-hydrogen) atoms. The first-order valence-corrected chi connectivity index (χ1v) is 6.68. The molecule has 0 aliphatic heterocycles. The van der Waals surface area contributed by atoms with E-state index in [-0.39, 0.29) is 0 Å². The molecule has 1 unspecified atom stereocenters. The number of hydrogen-bond acceptors (Lipinski definition) is 3. The van der Waals surface area contributed by atoms with Gasteiger partial charge in [0, 0.05) is 27.8 Å². The van der Waals surface area contributed by atoms with Crippen LogP contribution in [0.1, 0.15) is 17.4 Å². The lowest BCUT2D eigenvalue weighted by molar-refractivity contribution is 0.214. The second kappa shape index (κ2) is 5.07. The number of benzene rings is 1. The first-order valence-electron chi connectivity index (χ1n) is 5.89. The SMILES string of the molecule is OC(c1cnc2ccccc2c1)c1ncccc1Br. The van der Waals surface area contributed by atoms with Crippen LogP contribution in [-0.4, -0.2) is 15.1 Å². The minimum Gasteiger partial charge on any atom is -0.382 e. The number of aliphatic hydroxyl groups excluding tert-OH is 1. The van der Waals surface area contributed by atoms with Gasteiger partial charge in [0.2, 0.25) is 0 Å². The van der Waals surface area contributed by atoms with E-state index >= 15 is 0 Å². The van der Waals surface area contributed by atoms with Gasteiger partial charge in [0.1, 0.15) is 6.10 Å². The molecule has 0 saturated heterocycles. The molecule has 0 fully saturated rings. The van der Waals surface area contributed by atoms with Crippen molar-refractivity contribution >= 4 is 26.8 Å². The fraction of sp³-hybridized carbons (Fsp3) is 0.0667. The highest BCUT2D eigenvalue weighted by atomic mass is 79.9. The van der Waals surface area contributed by atoms with Crippen molar-refractivity contribution in [2.75, 3.05) is 0 Å². The summed E-state index contributed by atoms with van der Waals surface area (Å²) in [6, 6.07) is 13.4. The predicted octanol–water partition coefficient (Wildman–Crippen LogP) is 3.47. The molecule has 0 aliphatic rings. The van der Waals surface area contributed by atoms with Crippen LogP contribution in [0, 0.1) is 0 Å². The first kappa shape index (κ1) is 12.3. The normalized spacial score (nSPS) is 12.5. The minimum absolute atomic E-state index is 0.597. The van der Waals surface area contributed by atoms with Crippen molar-refractivity contribution in [1.29, 1.82) is 0 Å². The van der Waals surface area contributed by atoms with Gasteiger partial charge in [-0.1, -0.05) is 18.2 Å². The van der Waals surface area contributed by atoms with Gasteiger partial charge in [-0.25, -0.2) is 0 Å². The van der Waals surface area contributed by atoms with E-state index in [0.717, 1.165) is 20.9 Å². The molecule has 2 aromatic heterocycles. The van der Waals surface area contributed by atoms with Crippen LogP contribution < -0.4 is 0 Å². The lowest BCUT2D eigenvalue weighted by Crippen LogP contribution is -2.03. The van der Waals surface area contributed by atoms with E-state index in [4.69, 9.17) is 0 Å². The molecule has 0 aliphatic carbocycles. The van der Waals surface area contributed by atoms with Crippen molar-refractivity contribution < 1.29 is 5.11 Å². The summed E-state index contributed by atoms with van der Waals surface area (Å²) in [5, 5.41) is 11.4.